The summed E-state index contributed by atoms with van der Waals surface area (Å²) in [6.45, 7) is 0. The zero-order valence-corrected chi connectivity index (χ0v) is 22.0. The number of phenols is 1. The largest absolute Gasteiger partial charge is 0.507 e. The number of Topliss-reactive ketones (excluding diaryl/α,β-unsaturated/α-hetero) is 4. The fraction of sp³-hybridized carbons (Fsp3) is 0.379. The molecule has 0 radical (unpaired) electrons. The summed E-state index contributed by atoms with van der Waals surface area (Å²) in [5, 5.41) is 22.3. The van der Waals surface area contributed by atoms with Crippen molar-refractivity contribution in [3.05, 3.63) is 53.1 Å². The fourth-order valence-corrected chi connectivity index (χ4v) is 6.78. The van der Waals surface area contributed by atoms with Crippen molar-refractivity contribution in [2.24, 2.45) is 29.4 Å². The van der Waals surface area contributed by atoms with Gasteiger partial charge in [0.1, 0.15) is 5.75 Å². The van der Waals surface area contributed by atoms with Crippen LogP contribution in [-0.2, 0) is 30.3 Å². The fourth-order valence-electron chi connectivity index (χ4n) is 6.78. The van der Waals surface area contributed by atoms with Gasteiger partial charge in [-0.3, -0.25) is 28.9 Å². The maximum atomic E-state index is 13.9. The Morgan fingerprint density at radius 1 is 1.02 bits per heavy atom. The van der Waals surface area contributed by atoms with Gasteiger partial charge in [0, 0.05) is 5.92 Å². The lowest BCUT2D eigenvalue weighted by molar-refractivity contribution is -0.181. The Morgan fingerprint density at radius 3 is 2.25 bits per heavy atom. The number of hydrogen-bond acceptors (Lipinski definition) is 10. The number of ether oxygens (including phenoxy) is 1. The molecule has 6 atom stereocenters. The summed E-state index contributed by atoms with van der Waals surface area (Å²) in [6, 6.07) is 8.25. The first kappa shape index (κ1) is 27.4. The number of rotatable bonds is 4. The molecule has 0 heterocycles. The number of phenolic OH excluding ortho intramolecular Hbond substituents is 1. The number of fused-ring (bicyclic) bond motifs is 3. The van der Waals surface area contributed by atoms with E-state index in [-0.39, 0.29) is 24.2 Å². The molecular formula is C29H28N2O9. The van der Waals surface area contributed by atoms with Gasteiger partial charge in [-0.1, -0.05) is 18.2 Å². The SMILES string of the molecule is COC(=O)c1ccc(-c2ccc(O)c3c2CC2CC4C(N(C)C)C(=O)C(C(N)=O)C(=O)C4(O)C(=O)C2C3=O)cc1. The smallest absolute Gasteiger partial charge is 0.337 e. The van der Waals surface area contributed by atoms with Crippen LogP contribution in [0.5, 0.6) is 5.75 Å². The first-order valence-electron chi connectivity index (χ1n) is 12.7. The number of likely N-dealkylation sites (N-methyl/N-ethyl adjacent to an activating group) is 1. The van der Waals surface area contributed by atoms with Crippen molar-refractivity contribution in [3.8, 4) is 16.9 Å². The Bertz CT molecular complexity index is 1500. The molecule has 3 aliphatic rings. The van der Waals surface area contributed by atoms with Gasteiger partial charge in [-0.05, 0) is 67.7 Å². The van der Waals surface area contributed by atoms with Gasteiger partial charge in [0.25, 0.3) is 0 Å². The minimum absolute atomic E-state index is 0.0414. The Kier molecular flexibility index (Phi) is 6.47. The molecule has 0 spiro atoms. The lowest BCUT2D eigenvalue weighted by atomic mass is 9.52. The van der Waals surface area contributed by atoms with Crippen molar-refractivity contribution in [2.45, 2.75) is 24.5 Å². The standard InChI is InChI=1S/C29H28N2O9/c1-31(2)22-17-11-14-10-16-15(12-4-6-13(7-5-12)28(38)40-3)8-9-18(32)20(16)23(33)19(14)25(35)29(17,39)26(36)21(24(22)34)27(30)37/h4-9,14,17,19,21-22,32,39H,10-11H2,1-3H3,(H2,30,37). The highest BCUT2D eigenvalue weighted by Gasteiger charge is 2.69. The van der Waals surface area contributed by atoms with Crippen molar-refractivity contribution in [1.29, 1.82) is 0 Å². The van der Waals surface area contributed by atoms with Crippen LogP contribution in [0.2, 0.25) is 0 Å². The van der Waals surface area contributed by atoms with E-state index in [4.69, 9.17) is 10.5 Å². The highest BCUT2D eigenvalue weighted by atomic mass is 16.5. The van der Waals surface area contributed by atoms with Gasteiger partial charge < -0.3 is 20.7 Å². The Labute approximate surface area is 228 Å². The second-order valence-corrected chi connectivity index (χ2v) is 10.8. The van der Waals surface area contributed by atoms with Crippen molar-refractivity contribution >= 4 is 35.0 Å². The molecule has 3 aliphatic carbocycles. The van der Waals surface area contributed by atoms with Gasteiger partial charge in [-0.15, -0.1) is 0 Å². The van der Waals surface area contributed by atoms with Crippen LogP contribution in [-0.4, -0.2) is 83.0 Å². The number of nitrogens with zero attached hydrogens (tertiary/aromatic N) is 1. The monoisotopic (exact) mass is 548 g/mol. The molecule has 11 heteroatoms. The number of aliphatic hydroxyl groups is 1. The van der Waals surface area contributed by atoms with E-state index in [0.717, 1.165) is 0 Å². The molecule has 1 amide bonds. The zero-order chi connectivity index (χ0) is 29.3. The van der Waals surface area contributed by atoms with Gasteiger partial charge >= 0.3 is 5.97 Å². The van der Waals surface area contributed by atoms with Crippen molar-refractivity contribution in [2.75, 3.05) is 21.2 Å². The number of esters is 1. The lowest BCUT2D eigenvalue weighted by Gasteiger charge is -2.52. The van der Waals surface area contributed by atoms with Crippen LogP contribution in [0.4, 0.5) is 0 Å². The molecule has 2 fully saturated rings. The van der Waals surface area contributed by atoms with E-state index in [1.165, 1.54) is 32.2 Å². The summed E-state index contributed by atoms with van der Waals surface area (Å²) in [7, 11) is 4.33. The summed E-state index contributed by atoms with van der Waals surface area (Å²) in [6.07, 6.45) is 0.0919. The Morgan fingerprint density at radius 2 is 1.68 bits per heavy atom. The number of amides is 1. The predicted molar refractivity (Wildman–Crippen MR) is 138 cm³/mol. The van der Waals surface area contributed by atoms with E-state index < -0.39 is 70.3 Å². The molecule has 6 unspecified atom stereocenters. The van der Waals surface area contributed by atoms with E-state index >= 15 is 0 Å². The third kappa shape index (κ3) is 3.72. The third-order valence-corrected chi connectivity index (χ3v) is 8.56. The van der Waals surface area contributed by atoms with Crippen LogP contribution in [0, 0.1) is 23.7 Å². The number of carbonyl (C=O) groups is 6. The van der Waals surface area contributed by atoms with Crippen LogP contribution < -0.4 is 5.73 Å². The second-order valence-electron chi connectivity index (χ2n) is 10.8. The molecule has 2 aromatic rings. The number of benzene rings is 2. The molecule has 0 aromatic heterocycles. The minimum atomic E-state index is -2.77. The molecule has 0 bridgehead atoms. The van der Waals surface area contributed by atoms with Crippen molar-refractivity contribution < 1.29 is 43.7 Å². The van der Waals surface area contributed by atoms with E-state index in [0.29, 0.717) is 22.3 Å². The van der Waals surface area contributed by atoms with E-state index in [1.54, 1.807) is 30.3 Å². The number of nitrogens with two attached hydrogens (primary N) is 1. The first-order valence-corrected chi connectivity index (χ1v) is 12.7. The average Bonchev–Trinajstić information content (AvgIpc) is 2.90. The highest BCUT2D eigenvalue weighted by Crippen LogP contribution is 2.51. The summed E-state index contributed by atoms with van der Waals surface area (Å²) in [4.78, 5) is 79.6. The number of ketones is 4. The van der Waals surface area contributed by atoms with Gasteiger partial charge in [0.2, 0.25) is 5.91 Å². The molecule has 0 aliphatic heterocycles. The number of hydrogen-bond donors (Lipinski definition) is 3. The van der Waals surface area contributed by atoms with E-state index in [1.807, 2.05) is 0 Å². The lowest BCUT2D eigenvalue weighted by Crippen LogP contribution is -2.74. The number of methoxy groups -OCH3 is 1. The molecule has 4 N–H and O–H groups in total. The maximum absolute atomic E-state index is 13.9. The molecule has 2 aromatic carbocycles. The van der Waals surface area contributed by atoms with Crippen LogP contribution in [0.3, 0.4) is 0 Å². The summed E-state index contributed by atoms with van der Waals surface area (Å²) in [5.41, 5.74) is 4.51. The molecule has 0 saturated heterocycles. The highest BCUT2D eigenvalue weighted by molar-refractivity contribution is 6.32. The van der Waals surface area contributed by atoms with Crippen molar-refractivity contribution in [1.82, 2.24) is 4.90 Å². The quantitative estimate of drug-likeness (QED) is 0.355. The van der Waals surface area contributed by atoms with Crippen LogP contribution in [0.25, 0.3) is 11.1 Å². The molecule has 208 valence electrons. The van der Waals surface area contributed by atoms with Gasteiger partial charge in [0.05, 0.1) is 30.2 Å². The summed E-state index contributed by atoms with van der Waals surface area (Å²) in [5.74, 6) is -11.5. The topological polar surface area (TPSA) is 181 Å². The summed E-state index contributed by atoms with van der Waals surface area (Å²) >= 11 is 0. The number of carbonyl (C=O) groups excluding carboxylic acids is 6. The average molecular weight is 549 g/mol. The van der Waals surface area contributed by atoms with Gasteiger partial charge in [-0.2, -0.15) is 0 Å². The molecule has 40 heavy (non-hydrogen) atoms. The summed E-state index contributed by atoms with van der Waals surface area (Å²) < 4.78 is 4.74. The Balaban J connectivity index is 1.62. The normalized spacial score (nSPS) is 29.5. The minimum Gasteiger partial charge on any atom is -0.507 e. The number of aromatic hydroxyl groups is 1. The van der Waals surface area contributed by atoms with E-state index in [9.17, 15) is 39.0 Å². The van der Waals surface area contributed by atoms with E-state index in [2.05, 4.69) is 0 Å². The van der Waals surface area contributed by atoms with Gasteiger partial charge in [-0.25, -0.2) is 4.79 Å². The molecule has 2 saturated carbocycles. The predicted octanol–water partition coefficient (Wildman–Crippen LogP) is 0.321. The Hall–Kier alpha value is -4.22. The zero-order valence-electron chi connectivity index (χ0n) is 22.0. The van der Waals surface area contributed by atoms with Crippen molar-refractivity contribution in [3.63, 3.8) is 0 Å². The van der Waals surface area contributed by atoms with Crippen LogP contribution >= 0.6 is 0 Å². The maximum Gasteiger partial charge on any atom is 0.337 e. The number of primary amides is 1. The molecular weight excluding hydrogens is 520 g/mol. The van der Waals surface area contributed by atoms with Gasteiger partial charge in [0.15, 0.2) is 34.7 Å². The van der Waals surface area contributed by atoms with Crippen LogP contribution in [0.15, 0.2) is 36.4 Å². The molecule has 11 nitrogen and oxygen atoms in total. The second kappa shape index (κ2) is 9.46. The third-order valence-electron chi connectivity index (χ3n) is 8.56. The molecule has 5 rings (SSSR count). The van der Waals surface area contributed by atoms with Crippen LogP contribution in [0.1, 0.15) is 32.7 Å². The first-order chi connectivity index (χ1) is 18.8.